The monoisotopic (exact) mass is 258 g/mol. The fourth-order valence-electron chi connectivity index (χ4n) is 2.62. The molecular formula is C14H18N4O. The molecule has 1 aliphatic rings. The zero-order valence-corrected chi connectivity index (χ0v) is 10.9. The van der Waals surface area contributed by atoms with Crippen molar-refractivity contribution in [1.29, 1.82) is 0 Å². The van der Waals surface area contributed by atoms with Crippen LogP contribution < -0.4 is 5.32 Å². The van der Waals surface area contributed by atoms with Crippen LogP contribution in [0.2, 0.25) is 0 Å². The summed E-state index contributed by atoms with van der Waals surface area (Å²) in [6, 6.07) is 3.83. The third-order valence-corrected chi connectivity index (χ3v) is 3.66. The molecule has 3 rings (SSSR count). The third-order valence-electron chi connectivity index (χ3n) is 3.66. The minimum Gasteiger partial charge on any atom is -0.348 e. The molecule has 1 fully saturated rings. The van der Waals surface area contributed by atoms with Gasteiger partial charge in [-0.3, -0.25) is 4.79 Å². The van der Waals surface area contributed by atoms with Gasteiger partial charge in [-0.05, 0) is 18.9 Å². The van der Waals surface area contributed by atoms with Crippen molar-refractivity contribution in [2.24, 2.45) is 0 Å². The minimum absolute atomic E-state index is 0.0857. The lowest BCUT2D eigenvalue weighted by atomic mass is 10.1. The largest absolute Gasteiger partial charge is 0.348 e. The Hall–Kier alpha value is -1.91. The highest BCUT2D eigenvalue weighted by Crippen LogP contribution is 2.17. The van der Waals surface area contributed by atoms with Crippen molar-refractivity contribution in [3.05, 3.63) is 30.2 Å². The van der Waals surface area contributed by atoms with Crippen LogP contribution in [0.1, 0.15) is 49.0 Å². The maximum Gasteiger partial charge on any atom is 0.272 e. The number of aromatic nitrogens is 3. The van der Waals surface area contributed by atoms with Crippen LogP contribution in [0.25, 0.3) is 5.65 Å². The summed E-state index contributed by atoms with van der Waals surface area (Å²) in [5.41, 5.74) is 1.15. The summed E-state index contributed by atoms with van der Waals surface area (Å²) in [5, 5.41) is 7.34. The maximum atomic E-state index is 12.2. The molecule has 1 saturated carbocycles. The Kier molecular flexibility index (Phi) is 3.44. The van der Waals surface area contributed by atoms with Crippen molar-refractivity contribution in [3.63, 3.8) is 0 Å². The Morgan fingerprint density at radius 2 is 2.05 bits per heavy atom. The number of nitrogens with one attached hydrogen (secondary N) is 1. The van der Waals surface area contributed by atoms with E-state index in [9.17, 15) is 4.79 Å². The number of hydrogen-bond acceptors (Lipinski definition) is 3. The van der Waals surface area contributed by atoms with E-state index in [-0.39, 0.29) is 5.91 Å². The van der Waals surface area contributed by atoms with Gasteiger partial charge in [0.1, 0.15) is 0 Å². The van der Waals surface area contributed by atoms with Crippen molar-refractivity contribution >= 4 is 11.6 Å². The van der Waals surface area contributed by atoms with Crippen LogP contribution in [0.4, 0.5) is 0 Å². The standard InChI is InChI=1S/C14H18N4O/c19-14(16-11-6-3-1-2-4-7-11)12-10-13-15-8-5-9-18(13)17-12/h5,8-11H,1-4,6-7H2,(H,16,19). The lowest BCUT2D eigenvalue weighted by molar-refractivity contribution is 0.0928. The van der Waals surface area contributed by atoms with Gasteiger partial charge in [-0.15, -0.1) is 0 Å². The van der Waals surface area contributed by atoms with Crippen molar-refractivity contribution in [2.75, 3.05) is 0 Å². The average Bonchev–Trinajstić information content (AvgIpc) is 2.70. The summed E-state index contributed by atoms with van der Waals surface area (Å²) in [6.45, 7) is 0. The highest BCUT2D eigenvalue weighted by atomic mass is 16.2. The van der Waals surface area contributed by atoms with E-state index in [0.29, 0.717) is 17.4 Å². The van der Waals surface area contributed by atoms with Crippen LogP contribution in [0, 0.1) is 0 Å². The van der Waals surface area contributed by atoms with Gasteiger partial charge in [0, 0.05) is 24.5 Å². The van der Waals surface area contributed by atoms with Crippen LogP contribution in [-0.4, -0.2) is 26.5 Å². The molecule has 0 saturated heterocycles. The van der Waals surface area contributed by atoms with E-state index in [1.165, 1.54) is 25.7 Å². The molecule has 19 heavy (non-hydrogen) atoms. The number of rotatable bonds is 2. The first-order chi connectivity index (χ1) is 9.33. The molecule has 1 amide bonds. The van der Waals surface area contributed by atoms with Gasteiger partial charge in [-0.25, -0.2) is 9.50 Å². The fourth-order valence-corrected chi connectivity index (χ4v) is 2.62. The van der Waals surface area contributed by atoms with Gasteiger partial charge in [-0.1, -0.05) is 25.7 Å². The third kappa shape index (κ3) is 2.75. The Balaban J connectivity index is 1.72. The highest BCUT2D eigenvalue weighted by molar-refractivity contribution is 5.93. The van der Waals surface area contributed by atoms with Gasteiger partial charge in [0.15, 0.2) is 11.3 Å². The molecule has 2 heterocycles. The second kappa shape index (κ2) is 5.38. The van der Waals surface area contributed by atoms with Gasteiger partial charge in [-0.2, -0.15) is 5.10 Å². The summed E-state index contributed by atoms with van der Waals surface area (Å²) in [6.07, 6.45) is 10.6. The smallest absolute Gasteiger partial charge is 0.272 e. The van der Waals surface area contributed by atoms with Crippen molar-refractivity contribution in [1.82, 2.24) is 19.9 Å². The Bertz CT molecular complexity index is 537. The van der Waals surface area contributed by atoms with E-state index in [4.69, 9.17) is 0 Å². The lowest BCUT2D eigenvalue weighted by Gasteiger charge is -2.14. The molecule has 0 bridgehead atoms. The molecule has 1 N–H and O–H groups in total. The van der Waals surface area contributed by atoms with Crippen molar-refractivity contribution < 1.29 is 4.79 Å². The molecule has 0 spiro atoms. The zero-order valence-electron chi connectivity index (χ0n) is 10.9. The highest BCUT2D eigenvalue weighted by Gasteiger charge is 2.17. The molecule has 0 unspecified atom stereocenters. The number of carbonyl (C=O) groups is 1. The topological polar surface area (TPSA) is 59.3 Å². The Labute approximate surface area is 112 Å². The van der Waals surface area contributed by atoms with E-state index >= 15 is 0 Å². The molecular weight excluding hydrogens is 240 g/mol. The molecule has 2 aromatic heterocycles. The zero-order chi connectivity index (χ0) is 13.1. The van der Waals surface area contributed by atoms with E-state index in [1.807, 2.05) is 0 Å². The van der Waals surface area contributed by atoms with E-state index in [1.54, 1.807) is 29.0 Å². The molecule has 1 aliphatic carbocycles. The second-order valence-corrected chi connectivity index (χ2v) is 5.11. The molecule has 100 valence electrons. The summed E-state index contributed by atoms with van der Waals surface area (Å²) in [7, 11) is 0. The summed E-state index contributed by atoms with van der Waals surface area (Å²) < 4.78 is 1.63. The lowest BCUT2D eigenvalue weighted by Crippen LogP contribution is -2.34. The summed E-state index contributed by atoms with van der Waals surface area (Å²) in [5.74, 6) is -0.0857. The second-order valence-electron chi connectivity index (χ2n) is 5.11. The quantitative estimate of drug-likeness (QED) is 0.840. The predicted octanol–water partition coefficient (Wildman–Crippen LogP) is 2.18. The summed E-state index contributed by atoms with van der Waals surface area (Å²) >= 11 is 0. The number of amides is 1. The average molecular weight is 258 g/mol. The normalized spacial score (nSPS) is 17.3. The minimum atomic E-state index is -0.0857. The van der Waals surface area contributed by atoms with Crippen LogP contribution in [0.5, 0.6) is 0 Å². The Morgan fingerprint density at radius 3 is 2.79 bits per heavy atom. The van der Waals surface area contributed by atoms with Gasteiger partial charge in [0.25, 0.3) is 5.91 Å². The molecule has 5 nitrogen and oxygen atoms in total. The first kappa shape index (κ1) is 12.1. The summed E-state index contributed by atoms with van der Waals surface area (Å²) in [4.78, 5) is 16.3. The fraction of sp³-hybridized carbons (Fsp3) is 0.500. The number of nitrogens with zero attached hydrogens (tertiary/aromatic N) is 3. The predicted molar refractivity (Wildman–Crippen MR) is 71.9 cm³/mol. The molecule has 5 heteroatoms. The van der Waals surface area contributed by atoms with Gasteiger partial charge in [0.05, 0.1) is 0 Å². The molecule has 0 aliphatic heterocycles. The first-order valence-corrected chi connectivity index (χ1v) is 6.94. The molecule has 2 aromatic rings. The van der Waals surface area contributed by atoms with E-state index < -0.39 is 0 Å². The Morgan fingerprint density at radius 1 is 1.26 bits per heavy atom. The first-order valence-electron chi connectivity index (χ1n) is 6.94. The molecule has 0 aromatic carbocycles. The molecule has 0 atom stereocenters. The SMILES string of the molecule is O=C(NC1CCCCCC1)c1cc2ncccn2n1. The van der Waals surface area contributed by atoms with E-state index in [2.05, 4.69) is 15.4 Å². The van der Waals surface area contributed by atoms with Crippen LogP contribution in [0.3, 0.4) is 0 Å². The van der Waals surface area contributed by atoms with Crippen molar-refractivity contribution in [2.45, 2.75) is 44.6 Å². The van der Waals surface area contributed by atoms with Crippen molar-refractivity contribution in [3.8, 4) is 0 Å². The van der Waals surface area contributed by atoms with Gasteiger partial charge >= 0.3 is 0 Å². The molecule has 0 radical (unpaired) electrons. The van der Waals surface area contributed by atoms with Crippen LogP contribution >= 0.6 is 0 Å². The number of hydrogen-bond donors (Lipinski definition) is 1. The van der Waals surface area contributed by atoms with Crippen LogP contribution in [-0.2, 0) is 0 Å². The number of fused-ring (bicyclic) bond motifs is 1. The van der Waals surface area contributed by atoms with E-state index in [0.717, 1.165) is 12.8 Å². The van der Waals surface area contributed by atoms with Crippen LogP contribution in [0.15, 0.2) is 24.5 Å². The number of carbonyl (C=O) groups excluding carboxylic acids is 1. The van der Waals surface area contributed by atoms with Gasteiger partial charge < -0.3 is 5.32 Å². The maximum absolute atomic E-state index is 12.2. The van der Waals surface area contributed by atoms with Gasteiger partial charge in [0.2, 0.25) is 0 Å².